The van der Waals surface area contributed by atoms with Gasteiger partial charge in [-0.25, -0.2) is 0 Å². The summed E-state index contributed by atoms with van der Waals surface area (Å²) in [7, 11) is 0. The highest BCUT2D eigenvalue weighted by Crippen LogP contribution is 2.21. The molecule has 0 radical (unpaired) electrons. The van der Waals surface area contributed by atoms with Crippen LogP contribution in [0.1, 0.15) is 292 Å². The number of hydrogen-bond donors (Lipinski definition) is 1. The average Bonchev–Trinajstić information content (AvgIpc) is 3.31. The molecule has 0 amide bonds. The molecular formula is C58H118N2O5. The van der Waals surface area contributed by atoms with Crippen LogP contribution in [0.4, 0.5) is 0 Å². The maximum Gasteiger partial charge on any atom is 0.305 e. The molecule has 7 nitrogen and oxygen atoms in total. The third-order valence-electron chi connectivity index (χ3n) is 13.7. The van der Waals surface area contributed by atoms with Crippen molar-refractivity contribution in [3.05, 3.63) is 0 Å². The van der Waals surface area contributed by atoms with Crippen molar-refractivity contribution < 1.29 is 24.2 Å². The van der Waals surface area contributed by atoms with E-state index in [4.69, 9.17) is 9.47 Å². The summed E-state index contributed by atoms with van der Waals surface area (Å²) >= 11 is 0. The summed E-state index contributed by atoms with van der Waals surface area (Å²) in [4.78, 5) is 28.1. The molecule has 0 rings (SSSR count). The summed E-state index contributed by atoms with van der Waals surface area (Å²) in [6.45, 7) is 22.0. The standard InChI is InChI=1S/C41H84N2O3.C17H34O2/c1-5-9-13-17-19-21-27-34-43(37-38-44)36-35-42(32-26-16-12-8-4)33-28-22-25-31-41(45)46-39-40(29-23-15-11-7-3)30-24-20-18-14-10-6-2;1-3-5-7-9-10-12-14-17(15-19-16-18)13-11-8-6-4-2/h40,44H,5-39H2,1-4H3;16-17H,3-15H2,1-2H3. The van der Waals surface area contributed by atoms with Crippen LogP contribution in [0.15, 0.2) is 0 Å². The molecule has 2 unspecified atom stereocenters. The lowest BCUT2D eigenvalue weighted by atomic mass is 9.95. The minimum absolute atomic E-state index is 0.0166. The smallest absolute Gasteiger partial charge is 0.305 e. The lowest BCUT2D eigenvalue weighted by Gasteiger charge is -2.27. The Morgan fingerprint density at radius 2 is 0.708 bits per heavy atom. The fraction of sp³-hybridized carbons (Fsp3) is 0.966. The lowest BCUT2D eigenvalue weighted by Crippen LogP contribution is -2.38. The van der Waals surface area contributed by atoms with Gasteiger partial charge in [-0.15, -0.1) is 0 Å². The molecule has 390 valence electrons. The second kappa shape index (κ2) is 57.1. The van der Waals surface area contributed by atoms with Gasteiger partial charge in [0.2, 0.25) is 0 Å². The molecule has 0 aromatic carbocycles. The molecule has 7 heteroatoms. The number of nitrogens with zero attached hydrogens (tertiary/aromatic N) is 2. The van der Waals surface area contributed by atoms with E-state index in [1.165, 1.54) is 231 Å². The van der Waals surface area contributed by atoms with Gasteiger partial charge in [0.25, 0.3) is 6.47 Å². The first-order valence-electron chi connectivity index (χ1n) is 29.2. The Morgan fingerprint density at radius 3 is 1.09 bits per heavy atom. The fourth-order valence-corrected chi connectivity index (χ4v) is 9.16. The molecule has 0 aliphatic heterocycles. The number of rotatable bonds is 53. The molecule has 0 aliphatic rings. The number of hydrogen-bond acceptors (Lipinski definition) is 7. The number of ether oxygens (including phenoxy) is 2. The molecule has 0 fully saturated rings. The van der Waals surface area contributed by atoms with E-state index in [2.05, 4.69) is 51.3 Å². The number of carbonyl (C=O) groups is 2. The molecule has 0 aromatic heterocycles. The van der Waals surface area contributed by atoms with Crippen LogP contribution in [0.25, 0.3) is 0 Å². The van der Waals surface area contributed by atoms with Crippen molar-refractivity contribution in [2.45, 2.75) is 292 Å². The Labute approximate surface area is 407 Å². The molecule has 0 bridgehead atoms. The van der Waals surface area contributed by atoms with Crippen LogP contribution in [0.5, 0.6) is 0 Å². The van der Waals surface area contributed by atoms with E-state index in [9.17, 15) is 14.7 Å². The summed E-state index contributed by atoms with van der Waals surface area (Å²) in [5, 5.41) is 9.66. The Kier molecular flexibility index (Phi) is 57.9. The highest BCUT2D eigenvalue weighted by molar-refractivity contribution is 5.69. The second-order valence-corrected chi connectivity index (χ2v) is 20.1. The normalized spacial score (nSPS) is 12.4. The largest absolute Gasteiger partial charge is 0.468 e. The monoisotopic (exact) mass is 923 g/mol. The minimum atomic E-state index is 0.0166. The van der Waals surface area contributed by atoms with E-state index in [1.54, 1.807) is 0 Å². The minimum Gasteiger partial charge on any atom is -0.468 e. The van der Waals surface area contributed by atoms with Crippen molar-refractivity contribution in [3.63, 3.8) is 0 Å². The number of carbonyl (C=O) groups excluding carboxylic acids is 2. The van der Waals surface area contributed by atoms with Gasteiger partial charge in [-0.2, -0.15) is 0 Å². The van der Waals surface area contributed by atoms with Crippen LogP contribution < -0.4 is 0 Å². The summed E-state index contributed by atoms with van der Waals surface area (Å²) in [6, 6.07) is 0. The van der Waals surface area contributed by atoms with Gasteiger partial charge in [-0.1, -0.05) is 234 Å². The zero-order chi connectivity index (χ0) is 47.9. The van der Waals surface area contributed by atoms with Crippen LogP contribution in [0, 0.1) is 11.8 Å². The van der Waals surface area contributed by atoms with Gasteiger partial charge in [-0.05, 0) is 82.8 Å². The molecule has 0 saturated heterocycles. The molecule has 0 saturated carbocycles. The Hall–Kier alpha value is -1.18. The predicted octanol–water partition coefficient (Wildman–Crippen LogP) is 16.9. The lowest BCUT2D eigenvalue weighted by molar-refractivity contribution is -0.145. The molecule has 1 N–H and O–H groups in total. The Bertz CT molecular complexity index is 905. The highest BCUT2D eigenvalue weighted by Gasteiger charge is 2.14. The van der Waals surface area contributed by atoms with Gasteiger partial charge >= 0.3 is 5.97 Å². The van der Waals surface area contributed by atoms with E-state index >= 15 is 0 Å². The first kappa shape index (κ1) is 65.9. The van der Waals surface area contributed by atoms with Crippen LogP contribution in [0.3, 0.4) is 0 Å². The van der Waals surface area contributed by atoms with E-state index in [0.717, 1.165) is 52.0 Å². The summed E-state index contributed by atoms with van der Waals surface area (Å²) in [5.74, 6) is 1.15. The quantitative estimate of drug-likeness (QED) is 0.0370. The average molecular weight is 924 g/mol. The van der Waals surface area contributed by atoms with Gasteiger partial charge < -0.3 is 19.5 Å². The van der Waals surface area contributed by atoms with Gasteiger partial charge in [0, 0.05) is 26.1 Å². The summed E-state index contributed by atoms with van der Waals surface area (Å²) in [5.41, 5.74) is 0. The molecule has 0 spiro atoms. The number of aliphatic hydroxyl groups excluding tert-OH is 1. The van der Waals surface area contributed by atoms with Crippen LogP contribution in [-0.4, -0.2) is 86.4 Å². The van der Waals surface area contributed by atoms with Gasteiger partial charge in [0.1, 0.15) is 0 Å². The number of esters is 1. The zero-order valence-electron chi connectivity index (χ0n) is 45.1. The van der Waals surface area contributed by atoms with E-state index in [-0.39, 0.29) is 12.6 Å². The van der Waals surface area contributed by atoms with Gasteiger partial charge in [0.15, 0.2) is 0 Å². The van der Waals surface area contributed by atoms with Gasteiger partial charge in [-0.3, -0.25) is 14.5 Å². The molecule has 65 heavy (non-hydrogen) atoms. The first-order valence-corrected chi connectivity index (χ1v) is 29.2. The molecule has 0 heterocycles. The van der Waals surface area contributed by atoms with Crippen molar-refractivity contribution in [1.82, 2.24) is 9.80 Å². The Balaban J connectivity index is 0. The Morgan fingerprint density at radius 1 is 0.400 bits per heavy atom. The van der Waals surface area contributed by atoms with Crippen molar-refractivity contribution in [2.24, 2.45) is 11.8 Å². The topological polar surface area (TPSA) is 79.3 Å². The third-order valence-corrected chi connectivity index (χ3v) is 13.7. The number of aliphatic hydroxyl groups is 1. The van der Waals surface area contributed by atoms with Crippen molar-refractivity contribution in [3.8, 4) is 0 Å². The SMILES string of the molecule is CCCCCCCCC(CCCCCC)COC=O.CCCCCCCCCN(CCO)CCN(CCCCCC)CCCCCC(=O)OCC(CCCCCC)CCCCCCCC. The summed E-state index contributed by atoms with van der Waals surface area (Å²) < 4.78 is 10.8. The van der Waals surface area contributed by atoms with Crippen LogP contribution in [0.2, 0.25) is 0 Å². The molecule has 0 aliphatic carbocycles. The maximum absolute atomic E-state index is 12.6. The molecule has 0 aromatic rings. The summed E-state index contributed by atoms with van der Waals surface area (Å²) in [6.07, 6.45) is 49.6. The fourth-order valence-electron chi connectivity index (χ4n) is 9.16. The predicted molar refractivity (Wildman–Crippen MR) is 284 cm³/mol. The first-order chi connectivity index (χ1) is 31.9. The van der Waals surface area contributed by atoms with Gasteiger partial charge in [0.05, 0.1) is 19.8 Å². The van der Waals surface area contributed by atoms with Crippen molar-refractivity contribution in [1.29, 1.82) is 0 Å². The molecular weight excluding hydrogens is 805 g/mol. The highest BCUT2D eigenvalue weighted by atomic mass is 16.5. The van der Waals surface area contributed by atoms with Crippen LogP contribution >= 0.6 is 0 Å². The van der Waals surface area contributed by atoms with Crippen molar-refractivity contribution in [2.75, 3.05) is 59.1 Å². The van der Waals surface area contributed by atoms with E-state index < -0.39 is 0 Å². The zero-order valence-corrected chi connectivity index (χ0v) is 45.1. The maximum atomic E-state index is 12.6. The molecule has 2 atom stereocenters. The number of unbranched alkanes of at least 4 members (excludes halogenated alkanes) is 27. The second-order valence-electron chi connectivity index (χ2n) is 20.1. The van der Waals surface area contributed by atoms with Crippen LogP contribution in [-0.2, 0) is 19.1 Å². The van der Waals surface area contributed by atoms with E-state index in [1.807, 2.05) is 0 Å². The van der Waals surface area contributed by atoms with E-state index in [0.29, 0.717) is 37.9 Å². The third kappa shape index (κ3) is 52.0. The van der Waals surface area contributed by atoms with Crippen molar-refractivity contribution >= 4 is 12.4 Å².